The second-order valence-electron chi connectivity index (χ2n) is 7.67. The van der Waals surface area contributed by atoms with E-state index in [1.54, 1.807) is 11.1 Å². The second-order valence-corrected chi connectivity index (χ2v) is 7.67. The van der Waals surface area contributed by atoms with Crippen LogP contribution in [0, 0.1) is 11.3 Å². The Morgan fingerprint density at radius 3 is 2.79 bits per heavy atom. The molecule has 2 saturated heterocycles. The van der Waals surface area contributed by atoms with Gasteiger partial charge in [0.25, 0.3) is 5.91 Å². The van der Waals surface area contributed by atoms with Crippen LogP contribution in [0.3, 0.4) is 0 Å². The van der Waals surface area contributed by atoms with Crippen molar-refractivity contribution in [1.82, 2.24) is 14.7 Å². The van der Waals surface area contributed by atoms with Gasteiger partial charge in [-0.25, -0.2) is 0 Å². The molecular formula is C21H25N3O4. The van der Waals surface area contributed by atoms with Gasteiger partial charge in [0.05, 0.1) is 36.0 Å². The van der Waals surface area contributed by atoms with E-state index in [0.717, 1.165) is 11.3 Å². The van der Waals surface area contributed by atoms with E-state index in [1.807, 2.05) is 41.9 Å². The molecule has 7 nitrogen and oxygen atoms in total. The Morgan fingerprint density at radius 2 is 2.11 bits per heavy atom. The van der Waals surface area contributed by atoms with Gasteiger partial charge in [-0.3, -0.25) is 14.3 Å². The third-order valence-electron chi connectivity index (χ3n) is 6.11. The number of likely N-dealkylation sites (tertiary alicyclic amines) is 1. The van der Waals surface area contributed by atoms with Crippen LogP contribution in [-0.2, 0) is 22.5 Å². The van der Waals surface area contributed by atoms with Gasteiger partial charge in [-0.1, -0.05) is 37.3 Å². The highest BCUT2D eigenvalue weighted by molar-refractivity contribution is 5.96. The number of carbonyl (C=O) groups is 2. The van der Waals surface area contributed by atoms with Gasteiger partial charge in [0.2, 0.25) is 0 Å². The van der Waals surface area contributed by atoms with Crippen LogP contribution in [0.1, 0.15) is 35.0 Å². The van der Waals surface area contributed by atoms with Gasteiger partial charge in [-0.2, -0.15) is 5.10 Å². The summed E-state index contributed by atoms with van der Waals surface area (Å²) in [5.41, 5.74) is 1.68. The first-order chi connectivity index (χ1) is 13.5. The fraction of sp³-hybridized carbons (Fsp3) is 0.476. The number of aliphatic carboxylic acids is 1. The molecule has 0 spiro atoms. The van der Waals surface area contributed by atoms with E-state index in [4.69, 9.17) is 4.74 Å². The highest BCUT2D eigenvalue weighted by atomic mass is 16.5. The van der Waals surface area contributed by atoms with Gasteiger partial charge in [0.15, 0.2) is 0 Å². The lowest BCUT2D eigenvalue weighted by Gasteiger charge is -2.33. The largest absolute Gasteiger partial charge is 0.481 e. The zero-order valence-corrected chi connectivity index (χ0v) is 16.0. The van der Waals surface area contributed by atoms with E-state index in [2.05, 4.69) is 5.10 Å². The van der Waals surface area contributed by atoms with E-state index in [9.17, 15) is 14.7 Å². The summed E-state index contributed by atoms with van der Waals surface area (Å²) in [6, 6.07) is 10.00. The molecule has 1 N–H and O–H groups in total. The van der Waals surface area contributed by atoms with Gasteiger partial charge in [-0.15, -0.1) is 0 Å². The van der Waals surface area contributed by atoms with E-state index < -0.39 is 11.4 Å². The molecule has 0 aliphatic carbocycles. The Labute approximate surface area is 163 Å². The average Bonchev–Trinajstić information content (AvgIpc) is 3.30. The third kappa shape index (κ3) is 3.09. The van der Waals surface area contributed by atoms with E-state index >= 15 is 0 Å². The van der Waals surface area contributed by atoms with Gasteiger partial charge in [-0.05, 0) is 18.4 Å². The Kier molecular flexibility index (Phi) is 4.93. The minimum atomic E-state index is -0.889. The average molecular weight is 383 g/mol. The van der Waals surface area contributed by atoms with Gasteiger partial charge < -0.3 is 14.7 Å². The number of amides is 1. The summed E-state index contributed by atoms with van der Waals surface area (Å²) in [5.74, 6) is -1.12. The molecule has 3 heterocycles. The number of carboxylic acid groups (broad SMARTS) is 1. The fourth-order valence-electron chi connectivity index (χ4n) is 4.48. The van der Waals surface area contributed by atoms with Crippen molar-refractivity contribution in [2.24, 2.45) is 11.3 Å². The molecule has 148 valence electrons. The zero-order chi connectivity index (χ0) is 19.7. The van der Waals surface area contributed by atoms with Crippen molar-refractivity contribution >= 4 is 11.9 Å². The van der Waals surface area contributed by atoms with Gasteiger partial charge >= 0.3 is 5.97 Å². The molecule has 1 aromatic heterocycles. The lowest BCUT2D eigenvalue weighted by atomic mass is 9.74. The smallest absolute Gasteiger partial charge is 0.311 e. The van der Waals surface area contributed by atoms with Crippen LogP contribution >= 0.6 is 0 Å². The monoisotopic (exact) mass is 383 g/mol. The molecule has 28 heavy (non-hydrogen) atoms. The third-order valence-corrected chi connectivity index (χ3v) is 6.11. The quantitative estimate of drug-likeness (QED) is 0.854. The number of ether oxygens (including phenoxy) is 1. The number of carboxylic acids is 1. The van der Waals surface area contributed by atoms with Crippen molar-refractivity contribution in [2.75, 3.05) is 26.3 Å². The predicted octanol–water partition coefficient (Wildman–Crippen LogP) is 2.06. The molecule has 1 aromatic carbocycles. The molecule has 4 rings (SSSR count). The number of rotatable bonds is 5. The molecule has 0 bridgehead atoms. The van der Waals surface area contributed by atoms with Crippen molar-refractivity contribution in [2.45, 2.75) is 26.3 Å². The summed E-state index contributed by atoms with van der Waals surface area (Å²) < 4.78 is 7.35. The number of hydrogen-bond donors (Lipinski definition) is 1. The minimum absolute atomic E-state index is 0.133. The summed E-state index contributed by atoms with van der Waals surface area (Å²) in [7, 11) is 0. The molecule has 2 aliphatic rings. The maximum absolute atomic E-state index is 13.2. The molecule has 7 heteroatoms. The van der Waals surface area contributed by atoms with Crippen molar-refractivity contribution in [3.63, 3.8) is 0 Å². The molecule has 2 aliphatic heterocycles. The molecule has 0 saturated carbocycles. The number of carbonyl (C=O) groups excluding carboxylic acids is 1. The van der Waals surface area contributed by atoms with Crippen molar-refractivity contribution < 1.29 is 19.4 Å². The van der Waals surface area contributed by atoms with Crippen LogP contribution in [0.25, 0.3) is 0 Å². The van der Waals surface area contributed by atoms with Crippen molar-refractivity contribution in [3.8, 4) is 0 Å². The second kappa shape index (κ2) is 7.39. The Hall–Kier alpha value is -2.67. The first kappa shape index (κ1) is 18.7. The Balaban J connectivity index is 1.58. The normalized spacial score (nSPS) is 24.2. The summed E-state index contributed by atoms with van der Waals surface area (Å²) in [5, 5.41) is 14.3. The summed E-state index contributed by atoms with van der Waals surface area (Å²) in [6.45, 7) is 4.09. The number of fused-ring (bicyclic) bond motifs is 1. The van der Waals surface area contributed by atoms with Gasteiger partial charge in [0.1, 0.15) is 0 Å². The summed E-state index contributed by atoms with van der Waals surface area (Å²) in [6.07, 6.45) is 2.75. The number of nitrogens with zero attached hydrogens (tertiary/aromatic N) is 3. The molecule has 0 unspecified atom stereocenters. The lowest BCUT2D eigenvalue weighted by molar-refractivity contribution is -0.157. The molecule has 0 radical (unpaired) electrons. The maximum Gasteiger partial charge on any atom is 0.311 e. The molecular weight excluding hydrogens is 358 g/mol. The molecule has 2 atom stereocenters. The first-order valence-corrected chi connectivity index (χ1v) is 9.74. The topological polar surface area (TPSA) is 84.7 Å². The first-order valence-electron chi connectivity index (χ1n) is 9.74. The molecule has 2 aromatic rings. The number of aromatic nitrogens is 2. The number of benzene rings is 1. The summed E-state index contributed by atoms with van der Waals surface area (Å²) in [4.78, 5) is 26.9. The Bertz CT molecular complexity index is 879. The highest BCUT2D eigenvalue weighted by Gasteiger charge is 2.55. The van der Waals surface area contributed by atoms with E-state index in [-0.39, 0.29) is 18.4 Å². The maximum atomic E-state index is 13.2. The van der Waals surface area contributed by atoms with Crippen LogP contribution in [-0.4, -0.2) is 58.0 Å². The summed E-state index contributed by atoms with van der Waals surface area (Å²) >= 11 is 0. The van der Waals surface area contributed by atoms with E-state index in [0.29, 0.717) is 44.7 Å². The molecule has 1 amide bonds. The standard InChI is InChI=1S/C21H25N3O4/c1-2-18-17(10-22-24(18)11-15-6-4-3-5-7-15)19(25)23-12-16-13-28-9-8-21(16,14-23)20(26)27/h3-7,10,16H,2,8-9,11-14H2,1H3,(H,26,27)/t16-,21+/m0/s1. The number of hydrogen-bond acceptors (Lipinski definition) is 4. The zero-order valence-electron chi connectivity index (χ0n) is 16.0. The Morgan fingerprint density at radius 1 is 1.32 bits per heavy atom. The van der Waals surface area contributed by atoms with Crippen LogP contribution in [0.15, 0.2) is 36.5 Å². The van der Waals surface area contributed by atoms with Crippen LogP contribution in [0.2, 0.25) is 0 Å². The van der Waals surface area contributed by atoms with Crippen molar-refractivity contribution in [3.05, 3.63) is 53.3 Å². The molecule has 2 fully saturated rings. The lowest BCUT2D eigenvalue weighted by Crippen LogP contribution is -2.45. The minimum Gasteiger partial charge on any atom is -0.481 e. The SMILES string of the molecule is CCc1c(C(=O)N2C[C@H]3COCC[C@@]3(C(=O)O)C2)cnn1Cc1ccccc1. The van der Waals surface area contributed by atoms with Crippen LogP contribution in [0.5, 0.6) is 0 Å². The van der Waals surface area contributed by atoms with Crippen LogP contribution < -0.4 is 0 Å². The van der Waals surface area contributed by atoms with Crippen molar-refractivity contribution in [1.29, 1.82) is 0 Å². The highest BCUT2D eigenvalue weighted by Crippen LogP contribution is 2.43. The predicted molar refractivity (Wildman–Crippen MR) is 102 cm³/mol. The van der Waals surface area contributed by atoms with Gasteiger partial charge in [0, 0.05) is 25.6 Å². The van der Waals surface area contributed by atoms with Crippen LogP contribution in [0.4, 0.5) is 0 Å². The van der Waals surface area contributed by atoms with E-state index in [1.165, 1.54) is 0 Å². The fourth-order valence-corrected chi connectivity index (χ4v) is 4.48.